The van der Waals surface area contributed by atoms with Crippen LogP contribution in [0.2, 0.25) is 0 Å². The summed E-state index contributed by atoms with van der Waals surface area (Å²) in [6, 6.07) is 24.3. The third-order valence-corrected chi connectivity index (χ3v) is 8.22. The molecule has 0 saturated carbocycles. The number of rotatable bonds is 11. The third kappa shape index (κ3) is 6.67. The van der Waals surface area contributed by atoms with Gasteiger partial charge in [-0.2, -0.15) is 0 Å². The molecule has 2 amide bonds. The summed E-state index contributed by atoms with van der Waals surface area (Å²) in [6.07, 6.45) is -0.585. The van der Waals surface area contributed by atoms with Crippen LogP contribution in [-0.2, 0) is 16.1 Å². The van der Waals surface area contributed by atoms with Crippen LogP contribution in [0, 0.1) is 0 Å². The van der Waals surface area contributed by atoms with Crippen LogP contribution in [0.3, 0.4) is 0 Å². The number of thiazole rings is 1. The second kappa shape index (κ2) is 13.0. The average Bonchev–Trinajstić information content (AvgIpc) is 3.60. The lowest BCUT2D eigenvalue weighted by Crippen LogP contribution is -2.47. The first kappa shape index (κ1) is 29.0. The van der Waals surface area contributed by atoms with E-state index in [1.165, 1.54) is 11.3 Å². The van der Waals surface area contributed by atoms with Gasteiger partial charge in [-0.25, -0.2) is 14.6 Å². The van der Waals surface area contributed by atoms with Gasteiger partial charge in [0, 0.05) is 24.4 Å². The molecular formula is C32H32N4O5S. The number of benzene rings is 3. The van der Waals surface area contributed by atoms with Crippen molar-refractivity contribution in [2.75, 3.05) is 20.2 Å². The maximum atomic E-state index is 12.8. The minimum Gasteiger partial charge on any atom is -0.480 e. The number of aliphatic carboxylic acids is 1. The SMILES string of the molecule is CC(NC(=O)OCC1c2ccccc2-c2ccccc21)c1nc(C(=O)NC(CN(C)Cc2ccccc2)C(=O)O)cs1. The van der Waals surface area contributed by atoms with Crippen LogP contribution in [0.15, 0.2) is 84.2 Å². The summed E-state index contributed by atoms with van der Waals surface area (Å²) in [6.45, 7) is 2.60. The smallest absolute Gasteiger partial charge is 0.407 e. The molecule has 2 unspecified atom stereocenters. The number of nitrogens with one attached hydrogen (secondary N) is 2. The number of hydrogen-bond donors (Lipinski definition) is 3. The fourth-order valence-electron chi connectivity index (χ4n) is 5.16. The molecule has 5 rings (SSSR count). The molecule has 9 nitrogen and oxygen atoms in total. The second-order valence-corrected chi connectivity index (χ2v) is 11.2. The lowest BCUT2D eigenvalue weighted by Gasteiger charge is -2.22. The lowest BCUT2D eigenvalue weighted by molar-refractivity contribution is -0.139. The van der Waals surface area contributed by atoms with Crippen molar-refractivity contribution in [2.45, 2.75) is 31.5 Å². The largest absolute Gasteiger partial charge is 0.480 e. The number of aromatic nitrogens is 1. The van der Waals surface area contributed by atoms with E-state index in [-0.39, 0.29) is 24.8 Å². The summed E-state index contributed by atoms with van der Waals surface area (Å²) in [4.78, 5) is 43.6. The second-order valence-electron chi connectivity index (χ2n) is 10.3. The Balaban J connectivity index is 1.14. The number of nitrogens with zero attached hydrogens (tertiary/aromatic N) is 2. The Morgan fingerprint density at radius 3 is 2.21 bits per heavy atom. The normalized spacial score (nSPS) is 13.6. The molecule has 0 saturated heterocycles. The van der Waals surface area contributed by atoms with Crippen LogP contribution in [0.5, 0.6) is 0 Å². The molecule has 0 radical (unpaired) electrons. The van der Waals surface area contributed by atoms with Crippen molar-refractivity contribution in [3.8, 4) is 11.1 Å². The van der Waals surface area contributed by atoms with E-state index in [1.807, 2.05) is 59.5 Å². The van der Waals surface area contributed by atoms with Crippen LogP contribution in [0.1, 0.15) is 51.1 Å². The fraction of sp³-hybridized carbons (Fsp3) is 0.250. The predicted octanol–water partition coefficient (Wildman–Crippen LogP) is 5.06. The lowest BCUT2D eigenvalue weighted by atomic mass is 9.98. The van der Waals surface area contributed by atoms with Crippen LogP contribution in [0.25, 0.3) is 11.1 Å². The summed E-state index contributed by atoms with van der Waals surface area (Å²) in [5.41, 5.74) is 5.68. The fourth-order valence-corrected chi connectivity index (χ4v) is 5.96. The van der Waals surface area contributed by atoms with Gasteiger partial charge in [0.05, 0.1) is 6.04 Å². The van der Waals surface area contributed by atoms with Crippen LogP contribution >= 0.6 is 11.3 Å². The van der Waals surface area contributed by atoms with Gasteiger partial charge in [0.15, 0.2) is 0 Å². The Bertz CT molecular complexity index is 1530. The van der Waals surface area contributed by atoms with E-state index in [4.69, 9.17) is 4.74 Å². The number of alkyl carbamates (subject to hydrolysis) is 1. The Labute approximate surface area is 248 Å². The van der Waals surface area contributed by atoms with Crippen molar-refractivity contribution in [1.82, 2.24) is 20.5 Å². The maximum Gasteiger partial charge on any atom is 0.407 e. The van der Waals surface area contributed by atoms with Crippen LogP contribution in [-0.4, -0.2) is 59.2 Å². The van der Waals surface area contributed by atoms with Crippen molar-refractivity contribution in [3.63, 3.8) is 0 Å². The highest BCUT2D eigenvalue weighted by molar-refractivity contribution is 7.09. The zero-order valence-electron chi connectivity index (χ0n) is 23.3. The summed E-state index contributed by atoms with van der Waals surface area (Å²) in [5, 5.41) is 17.1. The summed E-state index contributed by atoms with van der Waals surface area (Å²) >= 11 is 1.20. The van der Waals surface area contributed by atoms with Gasteiger partial charge in [-0.1, -0.05) is 78.9 Å². The van der Waals surface area contributed by atoms with Gasteiger partial charge in [-0.15, -0.1) is 11.3 Å². The minimum atomic E-state index is -1.14. The van der Waals surface area contributed by atoms with E-state index in [9.17, 15) is 19.5 Å². The molecule has 216 valence electrons. The Hall–Kier alpha value is -4.54. The van der Waals surface area contributed by atoms with E-state index in [0.29, 0.717) is 11.6 Å². The van der Waals surface area contributed by atoms with E-state index in [0.717, 1.165) is 27.8 Å². The number of amides is 2. The minimum absolute atomic E-state index is 0.0532. The highest BCUT2D eigenvalue weighted by Gasteiger charge is 2.29. The summed E-state index contributed by atoms with van der Waals surface area (Å²) in [5.74, 6) is -1.78. The molecule has 42 heavy (non-hydrogen) atoms. The highest BCUT2D eigenvalue weighted by atomic mass is 32.1. The first-order valence-corrected chi connectivity index (χ1v) is 14.5. The maximum absolute atomic E-state index is 12.8. The molecule has 0 bridgehead atoms. The molecule has 1 aliphatic rings. The van der Waals surface area contributed by atoms with Gasteiger partial charge in [0.2, 0.25) is 0 Å². The van der Waals surface area contributed by atoms with Gasteiger partial charge < -0.3 is 20.5 Å². The number of ether oxygens (including phenoxy) is 1. The van der Waals surface area contributed by atoms with Crippen molar-refractivity contribution in [3.05, 3.63) is 112 Å². The molecule has 4 aromatic rings. The Morgan fingerprint density at radius 2 is 1.57 bits per heavy atom. The molecule has 1 aromatic heterocycles. The first-order chi connectivity index (χ1) is 20.3. The van der Waals surface area contributed by atoms with E-state index >= 15 is 0 Å². The summed E-state index contributed by atoms with van der Waals surface area (Å²) < 4.78 is 5.62. The number of likely N-dealkylation sites (N-methyl/N-ethyl adjacent to an activating group) is 1. The Morgan fingerprint density at radius 1 is 0.952 bits per heavy atom. The van der Waals surface area contributed by atoms with E-state index < -0.39 is 30.1 Å². The third-order valence-electron chi connectivity index (χ3n) is 7.20. The molecular weight excluding hydrogens is 552 g/mol. The zero-order chi connectivity index (χ0) is 29.6. The molecule has 1 aliphatic carbocycles. The molecule has 1 heterocycles. The van der Waals surface area contributed by atoms with Crippen LogP contribution < -0.4 is 10.6 Å². The Kier molecular flexibility index (Phi) is 8.94. The van der Waals surface area contributed by atoms with E-state index in [1.54, 1.807) is 19.4 Å². The molecule has 3 aromatic carbocycles. The summed E-state index contributed by atoms with van der Waals surface area (Å²) in [7, 11) is 1.80. The topological polar surface area (TPSA) is 121 Å². The molecule has 3 N–H and O–H groups in total. The number of carbonyl (C=O) groups is 3. The predicted molar refractivity (Wildman–Crippen MR) is 160 cm³/mol. The molecule has 2 atom stereocenters. The van der Waals surface area contributed by atoms with Gasteiger partial charge in [0.1, 0.15) is 23.4 Å². The van der Waals surface area contributed by atoms with Crippen molar-refractivity contribution < 1.29 is 24.2 Å². The average molecular weight is 585 g/mol. The van der Waals surface area contributed by atoms with Crippen molar-refractivity contribution >= 4 is 29.3 Å². The van der Waals surface area contributed by atoms with Gasteiger partial charge in [0.25, 0.3) is 5.91 Å². The van der Waals surface area contributed by atoms with Gasteiger partial charge >= 0.3 is 12.1 Å². The number of fused-ring (bicyclic) bond motifs is 3. The number of carboxylic acids is 1. The standard InChI is InChI=1S/C32H32N4O5S/c1-20(33-32(40)41-18-26-24-14-8-6-12-22(24)23-13-7-9-15-25(23)26)30-35-28(19-42-30)29(37)34-27(31(38)39)17-36(2)16-21-10-4-3-5-11-21/h3-15,19-20,26-27H,16-18H2,1-2H3,(H,33,40)(H,34,37)(H,38,39). The molecule has 10 heteroatoms. The molecule has 0 spiro atoms. The molecule has 0 fully saturated rings. The highest BCUT2D eigenvalue weighted by Crippen LogP contribution is 2.44. The number of hydrogen-bond acceptors (Lipinski definition) is 7. The monoisotopic (exact) mass is 584 g/mol. The van der Waals surface area contributed by atoms with Gasteiger partial charge in [-0.05, 0) is 41.8 Å². The van der Waals surface area contributed by atoms with Crippen LogP contribution in [0.4, 0.5) is 4.79 Å². The number of carbonyl (C=O) groups excluding carboxylic acids is 2. The number of carboxylic acid groups (broad SMARTS) is 1. The first-order valence-electron chi connectivity index (χ1n) is 13.6. The van der Waals surface area contributed by atoms with Gasteiger partial charge in [-0.3, -0.25) is 9.69 Å². The van der Waals surface area contributed by atoms with E-state index in [2.05, 4.69) is 39.9 Å². The van der Waals surface area contributed by atoms with Crippen molar-refractivity contribution in [1.29, 1.82) is 0 Å². The quantitative estimate of drug-likeness (QED) is 0.225. The van der Waals surface area contributed by atoms with Crippen molar-refractivity contribution in [2.24, 2.45) is 0 Å². The zero-order valence-corrected chi connectivity index (χ0v) is 24.1. The molecule has 0 aliphatic heterocycles.